The van der Waals surface area contributed by atoms with Crippen LogP contribution in [-0.2, 0) is 10.2 Å². The molecule has 7 heteroatoms. The number of nitrogens with two attached hydrogens (primary N) is 1. The third-order valence-electron chi connectivity index (χ3n) is 4.31. The molecule has 1 aliphatic rings. The Bertz CT molecular complexity index is 1020. The van der Waals surface area contributed by atoms with Crippen LogP contribution in [0.4, 0.5) is 0 Å². The Morgan fingerprint density at radius 1 is 1.10 bits per heavy atom. The van der Waals surface area contributed by atoms with Crippen molar-refractivity contribution < 1.29 is 19.1 Å². The number of benzene rings is 2. The zero-order valence-electron chi connectivity index (χ0n) is 16.7. The van der Waals surface area contributed by atoms with E-state index in [0.717, 1.165) is 17.3 Å². The second-order valence-electron chi connectivity index (χ2n) is 7.49. The van der Waals surface area contributed by atoms with Gasteiger partial charge < -0.3 is 15.2 Å². The van der Waals surface area contributed by atoms with E-state index in [9.17, 15) is 9.59 Å². The molecule has 150 valence electrons. The molecular formula is C22H22N2O4S. The molecule has 1 heterocycles. The molecule has 6 nitrogen and oxygen atoms in total. The molecule has 0 spiro atoms. The number of amidine groups is 1. The minimum absolute atomic E-state index is 0.00465. The van der Waals surface area contributed by atoms with Gasteiger partial charge in [0.25, 0.3) is 5.91 Å². The van der Waals surface area contributed by atoms with E-state index in [1.54, 1.807) is 36.4 Å². The number of esters is 1. The van der Waals surface area contributed by atoms with Crippen molar-refractivity contribution in [2.45, 2.75) is 26.2 Å². The van der Waals surface area contributed by atoms with Gasteiger partial charge in [0.1, 0.15) is 0 Å². The Labute approximate surface area is 173 Å². The summed E-state index contributed by atoms with van der Waals surface area (Å²) in [5, 5.41) is 0.219. The Hall–Kier alpha value is -3.06. The highest BCUT2D eigenvalue weighted by molar-refractivity contribution is 8.18. The number of nitrogens with zero attached hydrogens (tertiary/aromatic N) is 1. The van der Waals surface area contributed by atoms with E-state index < -0.39 is 5.97 Å². The molecule has 0 aromatic heterocycles. The van der Waals surface area contributed by atoms with Gasteiger partial charge in [-0.15, -0.1) is 0 Å². The van der Waals surface area contributed by atoms with Gasteiger partial charge in [0.2, 0.25) is 0 Å². The van der Waals surface area contributed by atoms with Crippen LogP contribution in [0.2, 0.25) is 0 Å². The van der Waals surface area contributed by atoms with E-state index in [-0.39, 0.29) is 16.5 Å². The number of amides is 1. The van der Waals surface area contributed by atoms with Gasteiger partial charge in [-0.25, -0.2) is 4.79 Å². The second-order valence-corrected chi connectivity index (χ2v) is 8.56. The first-order chi connectivity index (χ1) is 13.7. The molecule has 0 unspecified atom stereocenters. The van der Waals surface area contributed by atoms with Gasteiger partial charge in [-0.2, -0.15) is 4.99 Å². The van der Waals surface area contributed by atoms with E-state index in [2.05, 4.69) is 25.8 Å². The maximum atomic E-state index is 12.5. The zero-order valence-corrected chi connectivity index (χ0v) is 17.5. The summed E-state index contributed by atoms with van der Waals surface area (Å²) in [7, 11) is 1.48. The predicted molar refractivity (Wildman–Crippen MR) is 115 cm³/mol. The van der Waals surface area contributed by atoms with Crippen LogP contribution < -0.4 is 15.2 Å². The molecule has 2 N–H and O–H groups in total. The van der Waals surface area contributed by atoms with E-state index >= 15 is 0 Å². The summed E-state index contributed by atoms with van der Waals surface area (Å²) in [6.07, 6.45) is 1.66. The number of hydrogen-bond donors (Lipinski definition) is 1. The van der Waals surface area contributed by atoms with Crippen molar-refractivity contribution in [1.82, 2.24) is 0 Å². The summed E-state index contributed by atoms with van der Waals surface area (Å²) in [6.45, 7) is 6.33. The lowest BCUT2D eigenvalue weighted by Gasteiger charge is -2.19. The molecule has 0 saturated heterocycles. The standard InChI is InChI=1S/C22H22N2O4S/c1-22(2,3)15-8-6-14(7-9-15)20(26)28-16-10-5-13(11-17(16)27-4)12-18-19(25)24-21(23)29-18/h5-12H,1-4H3,(H2,23,24,25)/b18-12+. The molecule has 0 atom stereocenters. The first kappa shape index (κ1) is 20.7. The Balaban J connectivity index is 1.78. The lowest BCUT2D eigenvalue weighted by atomic mass is 9.87. The van der Waals surface area contributed by atoms with E-state index in [4.69, 9.17) is 15.2 Å². The molecule has 0 aliphatic carbocycles. The van der Waals surface area contributed by atoms with E-state index in [1.807, 2.05) is 12.1 Å². The smallest absolute Gasteiger partial charge is 0.343 e. The largest absolute Gasteiger partial charge is 0.493 e. The maximum absolute atomic E-state index is 12.5. The minimum Gasteiger partial charge on any atom is -0.493 e. The van der Waals surface area contributed by atoms with Crippen LogP contribution in [-0.4, -0.2) is 24.2 Å². The average molecular weight is 410 g/mol. The van der Waals surface area contributed by atoms with Crippen molar-refractivity contribution in [1.29, 1.82) is 0 Å². The van der Waals surface area contributed by atoms with Crippen molar-refractivity contribution in [2.24, 2.45) is 10.7 Å². The van der Waals surface area contributed by atoms with Gasteiger partial charge in [0.15, 0.2) is 16.7 Å². The number of carbonyl (C=O) groups is 2. The van der Waals surface area contributed by atoms with Gasteiger partial charge >= 0.3 is 5.97 Å². The summed E-state index contributed by atoms with van der Waals surface area (Å²) in [4.78, 5) is 28.4. The maximum Gasteiger partial charge on any atom is 0.343 e. The molecule has 2 aromatic rings. The SMILES string of the molecule is COc1cc(/C=C2/SC(N)=NC2=O)ccc1OC(=O)c1ccc(C(C)(C)C)cc1. The second kappa shape index (κ2) is 8.13. The van der Waals surface area contributed by atoms with Gasteiger partial charge in [-0.1, -0.05) is 39.0 Å². The quantitative estimate of drug-likeness (QED) is 0.463. The van der Waals surface area contributed by atoms with Gasteiger partial charge in [-0.05, 0) is 58.6 Å². The third kappa shape index (κ3) is 4.86. The Morgan fingerprint density at radius 2 is 1.79 bits per heavy atom. The summed E-state index contributed by atoms with van der Waals surface area (Å²) in [5.74, 6) is -0.178. The van der Waals surface area contributed by atoms with Crippen LogP contribution in [0.15, 0.2) is 52.4 Å². The van der Waals surface area contributed by atoms with Crippen molar-refractivity contribution in [3.8, 4) is 11.5 Å². The van der Waals surface area contributed by atoms with E-state index in [1.165, 1.54) is 7.11 Å². The number of methoxy groups -OCH3 is 1. The molecular weight excluding hydrogens is 388 g/mol. The van der Waals surface area contributed by atoms with Crippen LogP contribution in [0.25, 0.3) is 6.08 Å². The number of carbonyl (C=O) groups excluding carboxylic acids is 2. The molecule has 29 heavy (non-hydrogen) atoms. The molecule has 0 fully saturated rings. The predicted octanol–water partition coefficient (Wildman–Crippen LogP) is 4.14. The fourth-order valence-electron chi connectivity index (χ4n) is 2.70. The lowest BCUT2D eigenvalue weighted by Crippen LogP contribution is -2.13. The molecule has 1 aliphatic heterocycles. The fraction of sp³-hybridized carbons (Fsp3) is 0.227. The first-order valence-electron chi connectivity index (χ1n) is 8.96. The highest BCUT2D eigenvalue weighted by Crippen LogP contribution is 2.32. The van der Waals surface area contributed by atoms with Gasteiger partial charge in [0, 0.05) is 0 Å². The van der Waals surface area contributed by atoms with Crippen molar-refractivity contribution in [3.63, 3.8) is 0 Å². The van der Waals surface area contributed by atoms with Crippen LogP contribution in [0.5, 0.6) is 11.5 Å². The Morgan fingerprint density at radius 3 is 2.34 bits per heavy atom. The van der Waals surface area contributed by atoms with Crippen LogP contribution in [0, 0.1) is 0 Å². The third-order valence-corrected chi connectivity index (χ3v) is 5.12. The summed E-state index contributed by atoms with van der Waals surface area (Å²) in [5.41, 5.74) is 7.85. The number of aliphatic imine (C=N–C) groups is 1. The molecule has 0 radical (unpaired) electrons. The average Bonchev–Trinajstić information content (AvgIpc) is 2.99. The highest BCUT2D eigenvalue weighted by atomic mass is 32.2. The molecule has 0 saturated carbocycles. The Kier molecular flexibility index (Phi) is 5.79. The van der Waals surface area contributed by atoms with Crippen molar-refractivity contribution in [3.05, 3.63) is 64.1 Å². The molecule has 1 amide bonds. The monoisotopic (exact) mass is 410 g/mol. The zero-order chi connectivity index (χ0) is 21.2. The minimum atomic E-state index is -0.474. The van der Waals surface area contributed by atoms with Crippen LogP contribution in [0.1, 0.15) is 42.3 Å². The summed E-state index contributed by atoms with van der Waals surface area (Å²) < 4.78 is 10.9. The number of rotatable bonds is 4. The van der Waals surface area contributed by atoms with Gasteiger partial charge in [0.05, 0.1) is 17.6 Å². The molecule has 3 rings (SSSR count). The topological polar surface area (TPSA) is 91.0 Å². The van der Waals surface area contributed by atoms with Gasteiger partial charge in [-0.3, -0.25) is 4.79 Å². The normalized spacial score (nSPS) is 15.4. The summed E-state index contributed by atoms with van der Waals surface area (Å²) in [6, 6.07) is 12.4. The fourth-order valence-corrected chi connectivity index (χ4v) is 3.38. The molecule has 2 aromatic carbocycles. The summed E-state index contributed by atoms with van der Waals surface area (Å²) >= 11 is 1.11. The number of hydrogen-bond acceptors (Lipinski definition) is 6. The lowest BCUT2D eigenvalue weighted by molar-refractivity contribution is -0.113. The number of thioether (sulfide) groups is 1. The highest BCUT2D eigenvalue weighted by Gasteiger charge is 2.20. The van der Waals surface area contributed by atoms with Crippen LogP contribution in [0.3, 0.4) is 0 Å². The van der Waals surface area contributed by atoms with Crippen LogP contribution >= 0.6 is 11.8 Å². The van der Waals surface area contributed by atoms with E-state index in [0.29, 0.717) is 27.5 Å². The van der Waals surface area contributed by atoms with Crippen molar-refractivity contribution >= 4 is 34.9 Å². The number of ether oxygens (including phenoxy) is 2. The molecule has 0 bridgehead atoms. The first-order valence-corrected chi connectivity index (χ1v) is 9.78. The van der Waals surface area contributed by atoms with Crippen molar-refractivity contribution in [2.75, 3.05) is 7.11 Å².